The van der Waals surface area contributed by atoms with Crippen LogP contribution in [0.5, 0.6) is 0 Å². The van der Waals surface area contributed by atoms with E-state index in [9.17, 15) is 8.78 Å². The molecule has 0 amide bonds. The van der Waals surface area contributed by atoms with Gasteiger partial charge in [-0.25, -0.2) is 23.7 Å². The summed E-state index contributed by atoms with van der Waals surface area (Å²) in [5.41, 5.74) is 6.99. The second-order valence-corrected chi connectivity index (χ2v) is 10.2. The van der Waals surface area contributed by atoms with E-state index in [1.54, 1.807) is 28.5 Å². The summed E-state index contributed by atoms with van der Waals surface area (Å²) in [7, 11) is 0. The van der Waals surface area contributed by atoms with Gasteiger partial charge < -0.3 is 4.98 Å². The molecular formula is C28H25F2N7S. The van der Waals surface area contributed by atoms with Crippen LogP contribution in [-0.2, 0) is 0 Å². The number of thiophene rings is 1. The van der Waals surface area contributed by atoms with Gasteiger partial charge in [0.05, 0.1) is 23.3 Å². The molecule has 6 heterocycles. The highest BCUT2D eigenvalue weighted by molar-refractivity contribution is 7.13. The van der Waals surface area contributed by atoms with Gasteiger partial charge in [0.25, 0.3) is 5.92 Å². The van der Waals surface area contributed by atoms with Crippen molar-refractivity contribution in [3.63, 3.8) is 0 Å². The number of halogens is 2. The molecule has 1 saturated heterocycles. The van der Waals surface area contributed by atoms with Crippen LogP contribution in [0.3, 0.4) is 0 Å². The van der Waals surface area contributed by atoms with E-state index in [0.29, 0.717) is 35.8 Å². The Bertz CT molecular complexity index is 1690. The number of fused-ring (bicyclic) bond motifs is 2. The van der Waals surface area contributed by atoms with E-state index in [1.165, 1.54) is 0 Å². The molecule has 0 unspecified atom stereocenters. The molecule has 192 valence electrons. The first-order chi connectivity index (χ1) is 18.4. The van der Waals surface area contributed by atoms with Crippen LogP contribution in [0.25, 0.3) is 49.7 Å². The molecule has 38 heavy (non-hydrogen) atoms. The molecule has 1 aliphatic rings. The van der Waals surface area contributed by atoms with Gasteiger partial charge in [0.2, 0.25) is 0 Å². The van der Waals surface area contributed by atoms with Crippen molar-refractivity contribution < 1.29 is 8.78 Å². The summed E-state index contributed by atoms with van der Waals surface area (Å²) in [6.45, 7) is 6.37. The molecule has 1 aliphatic heterocycles. The molecule has 7 nitrogen and oxygen atoms in total. The molecule has 6 rings (SSSR count). The zero-order valence-corrected chi connectivity index (χ0v) is 21.5. The molecule has 0 saturated carbocycles. The van der Waals surface area contributed by atoms with E-state index >= 15 is 0 Å². The lowest BCUT2D eigenvalue weighted by Gasteiger charge is -2.16. The number of likely N-dealkylation sites (tertiary alicyclic amines) is 1. The van der Waals surface area contributed by atoms with Crippen LogP contribution in [0, 0.1) is 0 Å². The van der Waals surface area contributed by atoms with Crippen LogP contribution < -0.4 is 0 Å². The van der Waals surface area contributed by atoms with Crippen LogP contribution in [0.15, 0.2) is 72.3 Å². The van der Waals surface area contributed by atoms with Crippen molar-refractivity contribution in [2.75, 3.05) is 19.6 Å². The van der Waals surface area contributed by atoms with Crippen molar-refractivity contribution >= 4 is 39.1 Å². The number of nitrogens with zero attached hydrogens (tertiary/aromatic N) is 5. The number of hydrogen-bond acceptors (Lipinski definition) is 6. The normalized spacial score (nSPS) is 16.6. The van der Waals surface area contributed by atoms with E-state index in [0.717, 1.165) is 38.3 Å². The van der Waals surface area contributed by atoms with Gasteiger partial charge >= 0.3 is 0 Å². The third-order valence-electron chi connectivity index (χ3n) is 6.68. The van der Waals surface area contributed by atoms with Crippen LogP contribution in [0.4, 0.5) is 8.78 Å². The molecule has 2 N–H and O–H groups in total. The molecule has 0 aliphatic carbocycles. The van der Waals surface area contributed by atoms with Gasteiger partial charge in [0.15, 0.2) is 17.2 Å². The Hall–Kier alpha value is -4.02. The summed E-state index contributed by atoms with van der Waals surface area (Å²) in [4.78, 5) is 20.3. The minimum Gasteiger partial charge on any atom is -0.335 e. The average Bonchev–Trinajstić information content (AvgIpc) is 3.71. The Kier molecular flexibility index (Phi) is 6.21. The van der Waals surface area contributed by atoms with E-state index in [-0.39, 0.29) is 13.0 Å². The van der Waals surface area contributed by atoms with Gasteiger partial charge in [-0.2, -0.15) is 5.10 Å². The number of nitrogens with one attached hydrogen (secondary N) is 2. The number of hydrogen-bond donors (Lipinski definition) is 2. The topological polar surface area (TPSA) is 86.4 Å². The largest absolute Gasteiger partial charge is 0.335 e. The predicted molar refractivity (Wildman–Crippen MR) is 148 cm³/mol. The Labute approximate surface area is 221 Å². The van der Waals surface area contributed by atoms with Gasteiger partial charge in [-0.05, 0) is 53.8 Å². The number of pyridine rings is 2. The molecule has 10 heteroatoms. The second-order valence-electron chi connectivity index (χ2n) is 9.27. The zero-order valence-electron chi connectivity index (χ0n) is 20.7. The van der Waals surface area contributed by atoms with E-state index in [2.05, 4.69) is 32.8 Å². The molecule has 1 fully saturated rings. The summed E-state index contributed by atoms with van der Waals surface area (Å²) in [5.74, 6) is -2.05. The highest BCUT2D eigenvalue weighted by Gasteiger charge is 2.37. The SMILES string of the molecule is C=C/C(=C\C(=C/C)c1ccc2[nH]nc(-c3nc4nccc(-c5cccs5)c4[nH]3)c2n1)CN1CCC(F)(F)C1. The number of alkyl halides is 2. The van der Waals surface area contributed by atoms with Gasteiger partial charge in [-0.3, -0.25) is 10.00 Å². The average molecular weight is 530 g/mol. The smallest absolute Gasteiger partial charge is 0.261 e. The molecule has 0 radical (unpaired) electrons. The van der Waals surface area contributed by atoms with Gasteiger partial charge in [-0.1, -0.05) is 24.8 Å². The van der Waals surface area contributed by atoms with E-state index in [1.807, 2.05) is 48.7 Å². The minimum atomic E-state index is -2.63. The molecule has 0 spiro atoms. The lowest BCUT2D eigenvalue weighted by molar-refractivity contribution is 0.0131. The fourth-order valence-corrected chi connectivity index (χ4v) is 5.52. The lowest BCUT2D eigenvalue weighted by Crippen LogP contribution is -2.26. The van der Waals surface area contributed by atoms with Crippen molar-refractivity contribution in [3.8, 4) is 22.0 Å². The van der Waals surface area contributed by atoms with Crippen molar-refractivity contribution in [2.24, 2.45) is 0 Å². The van der Waals surface area contributed by atoms with Crippen molar-refractivity contribution in [3.05, 3.63) is 78.0 Å². The third-order valence-corrected chi connectivity index (χ3v) is 7.58. The van der Waals surface area contributed by atoms with Crippen LogP contribution in [0.1, 0.15) is 19.0 Å². The zero-order chi connectivity index (χ0) is 26.3. The standard InChI is InChI=1S/C28H25F2N7S/c1-3-17(15-37-12-10-28(29,30)16-37)14-18(4-2)20-7-8-21-24(32-20)25(36-35-21)27-33-23-19(22-6-5-13-38-22)9-11-31-26(23)34-27/h3-9,11,13-14H,1,10,12,15-16H2,2H3,(H,35,36)(H,31,33,34)/b17-14+,18-4+. The van der Waals surface area contributed by atoms with E-state index < -0.39 is 5.92 Å². The Morgan fingerprint density at radius 3 is 2.87 bits per heavy atom. The van der Waals surface area contributed by atoms with Gasteiger partial charge in [-0.15, -0.1) is 11.3 Å². The molecule has 5 aromatic heterocycles. The highest BCUT2D eigenvalue weighted by Crippen LogP contribution is 2.33. The number of aromatic nitrogens is 6. The first-order valence-corrected chi connectivity index (χ1v) is 13.2. The molecular weight excluding hydrogens is 504 g/mol. The quantitative estimate of drug-likeness (QED) is 0.236. The number of aromatic amines is 2. The van der Waals surface area contributed by atoms with Crippen LogP contribution >= 0.6 is 11.3 Å². The highest BCUT2D eigenvalue weighted by atomic mass is 32.1. The first-order valence-electron chi connectivity index (χ1n) is 12.3. The fourth-order valence-electron chi connectivity index (χ4n) is 4.76. The van der Waals surface area contributed by atoms with Crippen molar-refractivity contribution in [2.45, 2.75) is 19.3 Å². The van der Waals surface area contributed by atoms with E-state index in [4.69, 9.17) is 9.97 Å². The summed E-state index contributed by atoms with van der Waals surface area (Å²) in [6.07, 6.45) is 7.27. The third kappa shape index (κ3) is 4.57. The summed E-state index contributed by atoms with van der Waals surface area (Å²) in [5, 5.41) is 9.59. The number of allylic oxidation sites excluding steroid dienone is 3. The number of imidazole rings is 1. The summed E-state index contributed by atoms with van der Waals surface area (Å²) < 4.78 is 27.3. The summed E-state index contributed by atoms with van der Waals surface area (Å²) >= 11 is 1.66. The molecule has 0 aromatic carbocycles. The number of rotatable bonds is 7. The van der Waals surface area contributed by atoms with Crippen LogP contribution in [0.2, 0.25) is 0 Å². The van der Waals surface area contributed by atoms with Crippen LogP contribution in [-0.4, -0.2) is 60.6 Å². The minimum absolute atomic E-state index is 0.110. The fraction of sp³-hybridized carbons (Fsp3) is 0.214. The van der Waals surface area contributed by atoms with Crippen molar-refractivity contribution in [1.82, 2.24) is 35.0 Å². The molecule has 0 atom stereocenters. The summed E-state index contributed by atoms with van der Waals surface area (Å²) in [6, 6.07) is 9.90. The predicted octanol–water partition coefficient (Wildman–Crippen LogP) is 6.48. The van der Waals surface area contributed by atoms with Gasteiger partial charge in [0.1, 0.15) is 5.52 Å². The maximum atomic E-state index is 13.7. The van der Waals surface area contributed by atoms with Crippen molar-refractivity contribution in [1.29, 1.82) is 0 Å². The second kappa shape index (κ2) is 9.70. The van der Waals surface area contributed by atoms with Gasteiger partial charge in [0, 0.05) is 36.1 Å². The Balaban J connectivity index is 1.35. The first kappa shape index (κ1) is 24.3. The molecule has 5 aromatic rings. The monoisotopic (exact) mass is 529 g/mol. The Morgan fingerprint density at radius 2 is 2.13 bits per heavy atom. The maximum absolute atomic E-state index is 13.7. The molecule has 0 bridgehead atoms. The lowest BCUT2D eigenvalue weighted by atomic mass is 10.1. The Morgan fingerprint density at radius 1 is 1.24 bits per heavy atom. The maximum Gasteiger partial charge on any atom is 0.261 e. The number of H-pyrrole nitrogens is 2.